The molecule has 2 N–H and O–H groups in total. The maximum absolute atomic E-state index is 13.1. The average Bonchev–Trinajstić information content (AvgIpc) is 2.74. The SMILES string of the molecule is CN(C)C1CCCN(C(=O)c2ccc(N)cc2Cl)c2ccccc21. The zero-order valence-corrected chi connectivity index (χ0v) is 14.8. The smallest absolute Gasteiger partial charge is 0.259 e. The summed E-state index contributed by atoms with van der Waals surface area (Å²) in [6.45, 7) is 0.681. The van der Waals surface area contributed by atoms with Gasteiger partial charge in [0.05, 0.1) is 10.6 Å². The van der Waals surface area contributed by atoms with Crippen molar-refractivity contribution < 1.29 is 4.79 Å². The van der Waals surface area contributed by atoms with E-state index >= 15 is 0 Å². The fourth-order valence-electron chi connectivity index (χ4n) is 3.33. The fraction of sp³-hybridized carbons (Fsp3) is 0.316. The third-order valence-electron chi connectivity index (χ3n) is 4.54. The highest BCUT2D eigenvalue weighted by atomic mass is 35.5. The van der Waals surface area contributed by atoms with E-state index in [0.29, 0.717) is 28.9 Å². The van der Waals surface area contributed by atoms with Crippen LogP contribution in [0.25, 0.3) is 0 Å². The van der Waals surface area contributed by atoms with E-state index in [1.165, 1.54) is 5.56 Å². The lowest BCUT2D eigenvalue weighted by atomic mass is 10.0. The lowest BCUT2D eigenvalue weighted by Crippen LogP contribution is -2.32. The quantitative estimate of drug-likeness (QED) is 0.839. The Morgan fingerprint density at radius 2 is 2.00 bits per heavy atom. The van der Waals surface area contributed by atoms with Gasteiger partial charge >= 0.3 is 0 Å². The largest absolute Gasteiger partial charge is 0.399 e. The molecule has 2 aromatic carbocycles. The van der Waals surface area contributed by atoms with Gasteiger partial charge in [-0.25, -0.2) is 0 Å². The van der Waals surface area contributed by atoms with Gasteiger partial charge in [-0.3, -0.25) is 4.79 Å². The molecule has 4 nitrogen and oxygen atoms in total. The number of anilines is 2. The molecule has 0 fully saturated rings. The minimum atomic E-state index is -0.0770. The van der Waals surface area contributed by atoms with Crippen LogP contribution in [0.15, 0.2) is 42.5 Å². The Hall–Kier alpha value is -2.04. The summed E-state index contributed by atoms with van der Waals surface area (Å²) in [6.07, 6.45) is 1.96. The average molecular weight is 344 g/mol. The second-order valence-corrected chi connectivity index (χ2v) is 6.78. The molecule has 24 heavy (non-hydrogen) atoms. The first-order valence-corrected chi connectivity index (χ1v) is 8.49. The zero-order valence-electron chi connectivity index (χ0n) is 14.0. The molecule has 5 heteroatoms. The van der Waals surface area contributed by atoms with Gasteiger partial charge in [0, 0.05) is 24.0 Å². The number of nitrogens with two attached hydrogens (primary N) is 1. The molecule has 3 rings (SSSR count). The third-order valence-corrected chi connectivity index (χ3v) is 4.85. The van der Waals surface area contributed by atoms with E-state index in [0.717, 1.165) is 18.5 Å². The zero-order chi connectivity index (χ0) is 17.3. The molecule has 0 radical (unpaired) electrons. The van der Waals surface area contributed by atoms with Crippen molar-refractivity contribution in [2.24, 2.45) is 0 Å². The molecule has 1 heterocycles. The molecule has 1 aliphatic heterocycles. The first-order valence-electron chi connectivity index (χ1n) is 8.11. The predicted molar refractivity (Wildman–Crippen MR) is 99.6 cm³/mol. The van der Waals surface area contributed by atoms with E-state index in [1.54, 1.807) is 18.2 Å². The van der Waals surface area contributed by atoms with Crippen LogP contribution in [0.2, 0.25) is 5.02 Å². The number of benzene rings is 2. The number of para-hydroxylation sites is 1. The van der Waals surface area contributed by atoms with Gasteiger partial charge in [-0.1, -0.05) is 29.8 Å². The number of nitrogens with zero attached hydrogens (tertiary/aromatic N) is 2. The van der Waals surface area contributed by atoms with E-state index < -0.39 is 0 Å². The van der Waals surface area contributed by atoms with Crippen molar-refractivity contribution >= 4 is 28.9 Å². The van der Waals surface area contributed by atoms with Crippen molar-refractivity contribution in [3.05, 3.63) is 58.6 Å². The Morgan fingerprint density at radius 1 is 1.25 bits per heavy atom. The second-order valence-electron chi connectivity index (χ2n) is 6.38. The summed E-state index contributed by atoms with van der Waals surface area (Å²) < 4.78 is 0. The molecule has 1 unspecified atom stereocenters. The minimum Gasteiger partial charge on any atom is -0.399 e. The number of amides is 1. The third kappa shape index (κ3) is 3.12. The van der Waals surface area contributed by atoms with Crippen molar-refractivity contribution in [3.63, 3.8) is 0 Å². The molecule has 1 amide bonds. The van der Waals surface area contributed by atoms with Gasteiger partial charge in [0.2, 0.25) is 0 Å². The number of hydrogen-bond donors (Lipinski definition) is 1. The number of halogens is 1. The van der Waals surface area contributed by atoms with Crippen molar-refractivity contribution in [1.29, 1.82) is 0 Å². The van der Waals surface area contributed by atoms with Crippen molar-refractivity contribution in [2.75, 3.05) is 31.3 Å². The summed E-state index contributed by atoms with van der Waals surface area (Å²) in [7, 11) is 4.16. The molecule has 0 bridgehead atoms. The molecule has 0 spiro atoms. The Bertz CT molecular complexity index is 760. The van der Waals surface area contributed by atoms with Crippen LogP contribution < -0.4 is 10.6 Å². The summed E-state index contributed by atoms with van der Waals surface area (Å²) >= 11 is 6.25. The van der Waals surface area contributed by atoms with E-state index in [4.69, 9.17) is 17.3 Å². The maximum Gasteiger partial charge on any atom is 0.259 e. The molecule has 0 saturated carbocycles. The number of carbonyl (C=O) groups is 1. The normalized spacial score (nSPS) is 17.5. The lowest BCUT2D eigenvalue weighted by molar-refractivity contribution is 0.0987. The van der Waals surface area contributed by atoms with Gasteiger partial charge in [-0.15, -0.1) is 0 Å². The first-order chi connectivity index (χ1) is 11.5. The standard InChI is InChI=1S/C19H22ClN3O/c1-22(2)17-8-5-11-23(18-7-4-3-6-15(17)18)19(24)14-10-9-13(21)12-16(14)20/h3-4,6-7,9-10,12,17H,5,8,11,21H2,1-2H3. The van der Waals surface area contributed by atoms with Crippen LogP contribution in [0.3, 0.4) is 0 Å². The Labute approximate surface area is 147 Å². The van der Waals surface area contributed by atoms with E-state index in [9.17, 15) is 4.79 Å². The van der Waals surface area contributed by atoms with Crippen LogP contribution in [0.1, 0.15) is 34.8 Å². The predicted octanol–water partition coefficient (Wildman–Crippen LogP) is 3.97. The molecular weight excluding hydrogens is 322 g/mol. The van der Waals surface area contributed by atoms with Gasteiger partial charge in [-0.2, -0.15) is 0 Å². The van der Waals surface area contributed by atoms with Crippen molar-refractivity contribution in [1.82, 2.24) is 4.90 Å². The van der Waals surface area contributed by atoms with Gasteiger partial charge in [0.25, 0.3) is 5.91 Å². The van der Waals surface area contributed by atoms with Gasteiger partial charge in [0.15, 0.2) is 0 Å². The molecule has 1 atom stereocenters. The van der Waals surface area contributed by atoms with Crippen LogP contribution in [0.4, 0.5) is 11.4 Å². The number of hydrogen-bond acceptors (Lipinski definition) is 3. The lowest BCUT2D eigenvalue weighted by Gasteiger charge is -2.27. The van der Waals surface area contributed by atoms with Crippen LogP contribution in [0.5, 0.6) is 0 Å². The minimum absolute atomic E-state index is 0.0770. The molecule has 126 valence electrons. The summed E-state index contributed by atoms with van der Waals surface area (Å²) in [4.78, 5) is 17.2. The van der Waals surface area contributed by atoms with E-state index in [-0.39, 0.29) is 5.91 Å². The Morgan fingerprint density at radius 3 is 2.71 bits per heavy atom. The van der Waals surface area contributed by atoms with Crippen LogP contribution in [0, 0.1) is 0 Å². The monoisotopic (exact) mass is 343 g/mol. The summed E-state index contributed by atoms with van der Waals surface area (Å²) in [6, 6.07) is 13.5. The fourth-order valence-corrected chi connectivity index (χ4v) is 3.60. The van der Waals surface area contributed by atoms with E-state index in [1.807, 2.05) is 23.1 Å². The molecule has 1 aliphatic rings. The molecule has 2 aromatic rings. The Balaban J connectivity index is 2.04. The highest BCUT2D eigenvalue weighted by Crippen LogP contribution is 2.36. The Kier molecular flexibility index (Phi) is 4.78. The maximum atomic E-state index is 13.1. The highest BCUT2D eigenvalue weighted by Gasteiger charge is 2.28. The van der Waals surface area contributed by atoms with Gasteiger partial charge in [-0.05, 0) is 56.8 Å². The van der Waals surface area contributed by atoms with Gasteiger partial charge < -0.3 is 15.5 Å². The van der Waals surface area contributed by atoms with Crippen molar-refractivity contribution in [2.45, 2.75) is 18.9 Å². The second kappa shape index (κ2) is 6.83. The number of fused-ring (bicyclic) bond motifs is 1. The van der Waals surface area contributed by atoms with Crippen molar-refractivity contribution in [3.8, 4) is 0 Å². The molecule has 0 aromatic heterocycles. The van der Waals surface area contributed by atoms with Gasteiger partial charge in [0.1, 0.15) is 0 Å². The summed E-state index contributed by atoms with van der Waals surface area (Å²) in [5, 5.41) is 0.394. The molecule has 0 aliphatic carbocycles. The van der Waals surface area contributed by atoms with Crippen LogP contribution in [-0.4, -0.2) is 31.4 Å². The van der Waals surface area contributed by atoms with Crippen LogP contribution >= 0.6 is 11.6 Å². The van der Waals surface area contributed by atoms with Crippen LogP contribution in [-0.2, 0) is 0 Å². The summed E-state index contributed by atoms with van der Waals surface area (Å²) in [5.41, 5.74) is 8.94. The number of rotatable bonds is 2. The van der Waals surface area contributed by atoms with E-state index in [2.05, 4.69) is 25.1 Å². The molecular formula is C19H22ClN3O. The highest BCUT2D eigenvalue weighted by molar-refractivity contribution is 6.34. The first kappa shape index (κ1) is 16.8. The molecule has 0 saturated heterocycles. The number of nitrogen functional groups attached to an aromatic ring is 1. The summed E-state index contributed by atoms with van der Waals surface area (Å²) in [5.74, 6) is -0.0770. The topological polar surface area (TPSA) is 49.6 Å². The number of carbonyl (C=O) groups excluding carboxylic acids is 1.